The Morgan fingerprint density at radius 1 is 0.690 bits per heavy atom. The van der Waals surface area contributed by atoms with Crippen molar-refractivity contribution in [1.29, 1.82) is 0 Å². The van der Waals surface area contributed by atoms with Gasteiger partial charge in [-0.15, -0.1) is 0 Å². The van der Waals surface area contributed by atoms with Crippen molar-refractivity contribution in [3.8, 4) is 0 Å². The average molecular weight is 421 g/mol. The summed E-state index contributed by atoms with van der Waals surface area (Å²) in [7, 11) is 0. The predicted octanol–water partition coefficient (Wildman–Crippen LogP) is -2.34. The van der Waals surface area contributed by atoms with Crippen LogP contribution in [0.2, 0.25) is 0 Å². The molecular formula is C16H27N3O10. The molecule has 0 rings (SSSR count). The Kier molecular flexibility index (Phi) is 12.2. The molecule has 0 saturated heterocycles. The Balaban J connectivity index is 5.11. The Labute approximate surface area is 166 Å². The molecule has 0 heterocycles. The van der Waals surface area contributed by atoms with Crippen molar-refractivity contribution in [3.05, 3.63) is 12.3 Å². The fourth-order valence-electron chi connectivity index (χ4n) is 2.55. The van der Waals surface area contributed by atoms with Gasteiger partial charge in [0.15, 0.2) is 0 Å². The van der Waals surface area contributed by atoms with E-state index in [1.165, 1.54) is 4.90 Å². The Morgan fingerprint density at radius 2 is 1.14 bits per heavy atom. The van der Waals surface area contributed by atoms with E-state index in [4.69, 9.17) is 20.4 Å². The van der Waals surface area contributed by atoms with Crippen molar-refractivity contribution in [2.75, 3.05) is 59.0 Å². The molecule has 13 nitrogen and oxygen atoms in total. The summed E-state index contributed by atoms with van der Waals surface area (Å²) in [6.45, 7) is 0.830. The third kappa shape index (κ3) is 12.4. The number of rotatable bonds is 17. The van der Waals surface area contributed by atoms with Gasteiger partial charge in [-0.2, -0.15) is 0 Å². The molecule has 0 aromatic heterocycles. The number of carboxylic acids is 4. The van der Waals surface area contributed by atoms with E-state index in [-0.39, 0.29) is 38.5 Å². The first kappa shape index (κ1) is 26.3. The summed E-state index contributed by atoms with van der Waals surface area (Å²) in [6, 6.07) is -1.44. The maximum Gasteiger partial charge on any atom is 0.323 e. The molecule has 6 N–H and O–H groups in total. The molecular weight excluding hydrogens is 394 g/mol. The van der Waals surface area contributed by atoms with Gasteiger partial charge in [0.25, 0.3) is 0 Å². The van der Waals surface area contributed by atoms with E-state index in [1.807, 2.05) is 0 Å². The zero-order valence-corrected chi connectivity index (χ0v) is 15.8. The van der Waals surface area contributed by atoms with E-state index in [0.717, 1.165) is 9.80 Å². The minimum Gasteiger partial charge on any atom is -0.512 e. The number of carbonyl (C=O) groups is 4. The lowest BCUT2D eigenvalue weighted by Gasteiger charge is -2.30. The summed E-state index contributed by atoms with van der Waals surface area (Å²) in [6.07, 6.45) is 0. The average Bonchev–Trinajstić information content (AvgIpc) is 2.55. The third-order valence-corrected chi connectivity index (χ3v) is 3.80. The molecule has 0 aromatic carbocycles. The van der Waals surface area contributed by atoms with Gasteiger partial charge in [-0.3, -0.25) is 33.9 Å². The summed E-state index contributed by atoms with van der Waals surface area (Å²) in [4.78, 5) is 47.6. The van der Waals surface area contributed by atoms with Crippen molar-refractivity contribution in [2.45, 2.75) is 6.04 Å². The zero-order valence-electron chi connectivity index (χ0n) is 15.8. The molecule has 0 aliphatic rings. The fourth-order valence-corrected chi connectivity index (χ4v) is 2.55. The van der Waals surface area contributed by atoms with Gasteiger partial charge in [0.1, 0.15) is 6.04 Å². The van der Waals surface area contributed by atoms with Gasteiger partial charge in [0, 0.05) is 26.2 Å². The topological polar surface area (TPSA) is 199 Å². The van der Waals surface area contributed by atoms with Crippen LogP contribution in [0, 0.1) is 0 Å². The normalized spacial score (nSPS) is 12.3. The summed E-state index contributed by atoms with van der Waals surface area (Å²) in [5, 5.41) is 54.5. The van der Waals surface area contributed by atoms with Crippen LogP contribution in [0.3, 0.4) is 0 Å². The van der Waals surface area contributed by atoms with Crippen LogP contribution in [0.15, 0.2) is 12.3 Å². The van der Waals surface area contributed by atoms with Gasteiger partial charge in [0.2, 0.25) is 0 Å². The molecule has 1 unspecified atom stereocenters. The van der Waals surface area contributed by atoms with Crippen LogP contribution < -0.4 is 0 Å². The molecule has 0 saturated carbocycles. The van der Waals surface area contributed by atoms with Crippen LogP contribution >= 0.6 is 0 Å². The molecule has 0 bridgehead atoms. The highest BCUT2D eigenvalue weighted by Crippen LogP contribution is 2.03. The van der Waals surface area contributed by atoms with Crippen molar-refractivity contribution >= 4 is 23.9 Å². The minimum absolute atomic E-state index is 0.00711. The van der Waals surface area contributed by atoms with E-state index in [9.17, 15) is 29.4 Å². The smallest absolute Gasteiger partial charge is 0.323 e. The number of aliphatic hydroxyl groups is 2. The third-order valence-electron chi connectivity index (χ3n) is 3.80. The standard InChI is InChI=1S/C16H27N3O10/c1-11(21)6-17(2-3-18(7-13(22)23)8-14(24)25)4-5-19(9-15(26)27)12(10-20)16(28)29/h12,20-21H,1-10H2,(H,22,23)(H,24,25)(H,26,27)(H,28,29). The molecule has 29 heavy (non-hydrogen) atoms. The largest absolute Gasteiger partial charge is 0.512 e. The van der Waals surface area contributed by atoms with Crippen LogP contribution in [0.1, 0.15) is 0 Å². The highest BCUT2D eigenvalue weighted by atomic mass is 16.4. The second kappa shape index (κ2) is 13.4. The molecule has 1 atom stereocenters. The molecule has 0 aliphatic heterocycles. The molecule has 0 spiro atoms. The second-order valence-electron chi connectivity index (χ2n) is 6.24. The zero-order chi connectivity index (χ0) is 22.6. The summed E-state index contributed by atoms with van der Waals surface area (Å²) in [5.41, 5.74) is 0. The second-order valence-corrected chi connectivity index (χ2v) is 6.24. The van der Waals surface area contributed by atoms with Crippen LogP contribution in [0.4, 0.5) is 0 Å². The number of nitrogens with zero attached hydrogens (tertiary/aromatic N) is 3. The quantitative estimate of drug-likeness (QED) is 0.137. The molecule has 0 fully saturated rings. The minimum atomic E-state index is -1.44. The molecule has 0 aromatic rings. The highest BCUT2D eigenvalue weighted by Gasteiger charge is 2.27. The lowest BCUT2D eigenvalue weighted by atomic mass is 10.2. The SMILES string of the molecule is C=C(O)CN(CCN(CC(=O)O)CC(=O)O)CCN(CC(=O)O)C(CO)C(=O)O. The van der Waals surface area contributed by atoms with E-state index in [0.29, 0.717) is 0 Å². The Hall–Kier alpha value is -2.74. The van der Waals surface area contributed by atoms with Gasteiger partial charge >= 0.3 is 23.9 Å². The fraction of sp³-hybridized carbons (Fsp3) is 0.625. The maximum atomic E-state index is 11.2. The van der Waals surface area contributed by atoms with E-state index >= 15 is 0 Å². The van der Waals surface area contributed by atoms with Gasteiger partial charge in [0.05, 0.1) is 38.5 Å². The van der Waals surface area contributed by atoms with Gasteiger partial charge in [-0.05, 0) is 0 Å². The van der Waals surface area contributed by atoms with Crippen molar-refractivity contribution < 1.29 is 49.8 Å². The summed E-state index contributed by atoms with van der Waals surface area (Å²) >= 11 is 0. The van der Waals surface area contributed by atoms with Crippen molar-refractivity contribution in [1.82, 2.24) is 14.7 Å². The number of aliphatic hydroxyl groups excluding tert-OH is 2. The molecule has 0 aliphatic carbocycles. The van der Waals surface area contributed by atoms with Crippen LogP contribution in [-0.4, -0.2) is 134 Å². The molecule has 13 heteroatoms. The number of hydrogen-bond donors (Lipinski definition) is 6. The van der Waals surface area contributed by atoms with Gasteiger partial charge in [-0.1, -0.05) is 6.58 Å². The number of hydrogen-bond acceptors (Lipinski definition) is 9. The van der Waals surface area contributed by atoms with E-state index in [2.05, 4.69) is 6.58 Å². The van der Waals surface area contributed by atoms with Gasteiger partial charge in [-0.25, -0.2) is 0 Å². The number of carboxylic acid groups (broad SMARTS) is 4. The van der Waals surface area contributed by atoms with Crippen LogP contribution in [-0.2, 0) is 19.2 Å². The van der Waals surface area contributed by atoms with Crippen molar-refractivity contribution in [2.24, 2.45) is 0 Å². The summed E-state index contributed by atoms with van der Waals surface area (Å²) < 4.78 is 0. The maximum absolute atomic E-state index is 11.2. The van der Waals surface area contributed by atoms with Crippen LogP contribution in [0.5, 0.6) is 0 Å². The van der Waals surface area contributed by atoms with Crippen molar-refractivity contribution in [3.63, 3.8) is 0 Å². The Morgan fingerprint density at radius 3 is 1.52 bits per heavy atom. The first-order chi connectivity index (χ1) is 13.5. The first-order valence-corrected chi connectivity index (χ1v) is 8.50. The summed E-state index contributed by atoms with van der Waals surface area (Å²) in [5.74, 6) is -5.37. The molecule has 166 valence electrons. The lowest BCUT2D eigenvalue weighted by Crippen LogP contribution is -2.50. The predicted molar refractivity (Wildman–Crippen MR) is 97.6 cm³/mol. The highest BCUT2D eigenvalue weighted by molar-refractivity contribution is 5.75. The number of aliphatic carboxylic acids is 4. The lowest BCUT2D eigenvalue weighted by molar-refractivity contribution is -0.148. The van der Waals surface area contributed by atoms with Crippen LogP contribution in [0.25, 0.3) is 0 Å². The van der Waals surface area contributed by atoms with Gasteiger partial charge < -0.3 is 30.6 Å². The van der Waals surface area contributed by atoms with E-state index in [1.54, 1.807) is 0 Å². The van der Waals surface area contributed by atoms with E-state index < -0.39 is 56.2 Å². The molecule has 0 radical (unpaired) electrons. The Bertz CT molecular complexity index is 581. The molecule has 0 amide bonds. The first-order valence-electron chi connectivity index (χ1n) is 8.50. The monoisotopic (exact) mass is 421 g/mol.